The van der Waals surface area contributed by atoms with Crippen molar-refractivity contribution in [2.24, 2.45) is 0 Å². The van der Waals surface area contributed by atoms with Gasteiger partial charge in [0.2, 0.25) is 15.9 Å². The highest BCUT2D eigenvalue weighted by Gasteiger charge is 2.30. The number of benzene rings is 1. The number of pyridine rings is 1. The summed E-state index contributed by atoms with van der Waals surface area (Å²) in [7, 11) is -3.88. The van der Waals surface area contributed by atoms with E-state index in [0.29, 0.717) is 18.7 Å². The van der Waals surface area contributed by atoms with E-state index in [1.165, 1.54) is 28.7 Å². The summed E-state index contributed by atoms with van der Waals surface area (Å²) in [5.41, 5.74) is 0.467. The molecule has 1 N–H and O–H groups in total. The van der Waals surface area contributed by atoms with Gasteiger partial charge in [0.05, 0.1) is 10.6 Å². The van der Waals surface area contributed by atoms with Gasteiger partial charge in [0.15, 0.2) is 6.61 Å². The van der Waals surface area contributed by atoms with Crippen molar-refractivity contribution in [1.82, 2.24) is 9.29 Å². The van der Waals surface area contributed by atoms with E-state index in [0.717, 1.165) is 37.8 Å². The van der Waals surface area contributed by atoms with Crippen molar-refractivity contribution in [1.29, 1.82) is 0 Å². The predicted octanol–water partition coefficient (Wildman–Crippen LogP) is 4.24. The number of hydrogen-bond acceptors (Lipinski definition) is 5. The van der Waals surface area contributed by atoms with Gasteiger partial charge >= 0.3 is 6.18 Å². The van der Waals surface area contributed by atoms with E-state index in [4.69, 9.17) is 4.74 Å². The molecule has 178 valence electrons. The molecular formula is C22H24F3N3O4S. The van der Waals surface area contributed by atoms with Crippen LogP contribution in [-0.2, 0) is 14.8 Å². The van der Waals surface area contributed by atoms with E-state index < -0.39 is 28.7 Å². The number of alkyl halides is 3. The van der Waals surface area contributed by atoms with Gasteiger partial charge in [-0.3, -0.25) is 9.78 Å². The van der Waals surface area contributed by atoms with Gasteiger partial charge in [0.1, 0.15) is 5.75 Å². The van der Waals surface area contributed by atoms with Gasteiger partial charge in [-0.05, 0) is 48.7 Å². The second-order valence-corrected chi connectivity index (χ2v) is 9.43. The lowest BCUT2D eigenvalue weighted by Crippen LogP contribution is -2.32. The fourth-order valence-electron chi connectivity index (χ4n) is 3.30. The van der Waals surface area contributed by atoms with Crippen LogP contribution in [0.5, 0.6) is 5.75 Å². The van der Waals surface area contributed by atoms with Crippen molar-refractivity contribution in [3.05, 3.63) is 54.4 Å². The van der Waals surface area contributed by atoms with E-state index in [-0.39, 0.29) is 16.3 Å². The topological polar surface area (TPSA) is 88.6 Å². The summed E-state index contributed by atoms with van der Waals surface area (Å²) >= 11 is 0. The molecule has 1 fully saturated rings. The smallest absolute Gasteiger partial charge is 0.422 e. The minimum atomic E-state index is -4.60. The van der Waals surface area contributed by atoms with Crippen LogP contribution in [0, 0.1) is 0 Å². The number of ether oxygens (including phenoxy) is 1. The molecule has 1 saturated heterocycles. The molecule has 0 saturated carbocycles. The standard InChI is InChI=1S/C22H24F3N3O4S/c23-22(24,25)16-32-20-9-8-18(33(30,31)28-12-3-1-2-4-13-28)14-19(20)27-21(29)10-7-17-6-5-11-26-15-17/h5-11,14-15H,1-4,12-13,16H2,(H,27,29). The molecule has 2 heterocycles. The summed E-state index contributed by atoms with van der Waals surface area (Å²) in [6.45, 7) is -0.853. The Bertz CT molecular complexity index is 1080. The van der Waals surface area contributed by atoms with Gasteiger partial charge in [-0.1, -0.05) is 18.9 Å². The lowest BCUT2D eigenvalue weighted by Gasteiger charge is -2.21. The van der Waals surface area contributed by atoms with Crippen LogP contribution < -0.4 is 10.1 Å². The average Bonchev–Trinajstić information content (AvgIpc) is 3.07. The van der Waals surface area contributed by atoms with Crippen molar-refractivity contribution < 1.29 is 31.1 Å². The fraction of sp³-hybridized carbons (Fsp3) is 0.364. The monoisotopic (exact) mass is 483 g/mol. The first-order valence-corrected chi connectivity index (χ1v) is 11.8. The van der Waals surface area contributed by atoms with E-state index in [1.807, 2.05) is 0 Å². The molecule has 2 aromatic rings. The van der Waals surface area contributed by atoms with Gasteiger partial charge in [0, 0.05) is 31.6 Å². The third-order valence-electron chi connectivity index (χ3n) is 4.91. The van der Waals surface area contributed by atoms with Gasteiger partial charge < -0.3 is 10.1 Å². The summed E-state index contributed by atoms with van der Waals surface area (Å²) in [5.74, 6) is -0.953. The first-order valence-electron chi connectivity index (χ1n) is 10.4. The van der Waals surface area contributed by atoms with Gasteiger partial charge in [0.25, 0.3) is 0 Å². The van der Waals surface area contributed by atoms with Crippen molar-refractivity contribution in [3.8, 4) is 5.75 Å². The zero-order valence-corrected chi connectivity index (χ0v) is 18.5. The Kier molecular flexibility index (Phi) is 8.09. The lowest BCUT2D eigenvalue weighted by molar-refractivity contribution is -0.153. The average molecular weight is 484 g/mol. The Balaban J connectivity index is 1.87. The SMILES string of the molecule is O=C(C=Cc1cccnc1)Nc1cc(S(=O)(=O)N2CCCCCC2)ccc1OCC(F)(F)F. The fourth-order valence-corrected chi connectivity index (χ4v) is 4.85. The summed E-state index contributed by atoms with van der Waals surface area (Å²) < 4.78 is 70.3. The van der Waals surface area contributed by atoms with Crippen molar-refractivity contribution >= 4 is 27.7 Å². The largest absolute Gasteiger partial charge is 0.482 e. The molecule has 0 atom stereocenters. The predicted molar refractivity (Wildman–Crippen MR) is 117 cm³/mol. The molecule has 1 aliphatic rings. The van der Waals surface area contributed by atoms with Crippen LogP contribution in [-0.4, -0.2) is 49.5 Å². The maximum atomic E-state index is 13.1. The first-order chi connectivity index (χ1) is 15.6. The number of halogens is 3. The number of amides is 1. The zero-order valence-electron chi connectivity index (χ0n) is 17.7. The summed E-state index contributed by atoms with van der Waals surface area (Å²) in [4.78, 5) is 16.2. The van der Waals surface area contributed by atoms with Crippen LogP contribution in [0.3, 0.4) is 0 Å². The van der Waals surface area contributed by atoms with Crippen LogP contribution in [0.2, 0.25) is 0 Å². The summed E-state index contributed by atoms with van der Waals surface area (Å²) in [5, 5.41) is 2.42. The second kappa shape index (κ2) is 10.8. The zero-order chi connectivity index (χ0) is 23.9. The van der Waals surface area contributed by atoms with Crippen LogP contribution >= 0.6 is 0 Å². The lowest BCUT2D eigenvalue weighted by atomic mass is 10.2. The summed E-state index contributed by atoms with van der Waals surface area (Å²) in [6, 6.07) is 6.83. The molecule has 33 heavy (non-hydrogen) atoms. The number of nitrogens with one attached hydrogen (secondary N) is 1. The molecule has 11 heteroatoms. The van der Waals surface area contributed by atoms with Crippen LogP contribution in [0.1, 0.15) is 31.2 Å². The number of rotatable bonds is 7. The number of carbonyl (C=O) groups excluding carboxylic acids is 1. The van der Waals surface area contributed by atoms with E-state index in [2.05, 4.69) is 10.3 Å². The number of nitrogens with zero attached hydrogens (tertiary/aromatic N) is 2. The van der Waals surface area contributed by atoms with E-state index >= 15 is 0 Å². The van der Waals surface area contributed by atoms with Crippen molar-refractivity contribution in [2.45, 2.75) is 36.8 Å². The van der Waals surface area contributed by atoms with E-state index in [1.54, 1.807) is 18.3 Å². The molecule has 1 amide bonds. The Morgan fingerprint density at radius 1 is 1.15 bits per heavy atom. The number of carbonyl (C=O) groups is 1. The number of hydrogen-bond donors (Lipinski definition) is 1. The molecule has 0 radical (unpaired) electrons. The normalized spacial score (nSPS) is 15.8. The molecule has 0 spiro atoms. The molecule has 0 aliphatic carbocycles. The van der Waals surface area contributed by atoms with Crippen molar-refractivity contribution in [2.75, 3.05) is 25.0 Å². The molecule has 3 rings (SSSR count). The third-order valence-corrected chi connectivity index (χ3v) is 6.81. The minimum absolute atomic E-state index is 0.129. The number of sulfonamides is 1. The highest BCUT2D eigenvalue weighted by Crippen LogP contribution is 2.31. The quantitative estimate of drug-likeness (QED) is 0.595. The van der Waals surface area contributed by atoms with Gasteiger partial charge in [-0.25, -0.2) is 8.42 Å². The van der Waals surface area contributed by atoms with Crippen LogP contribution in [0.15, 0.2) is 53.7 Å². The van der Waals surface area contributed by atoms with Gasteiger partial charge in [-0.15, -0.1) is 0 Å². The molecule has 0 unspecified atom stereocenters. The Morgan fingerprint density at radius 2 is 1.88 bits per heavy atom. The van der Waals surface area contributed by atoms with Crippen LogP contribution in [0.4, 0.5) is 18.9 Å². The highest BCUT2D eigenvalue weighted by molar-refractivity contribution is 7.89. The Morgan fingerprint density at radius 3 is 2.52 bits per heavy atom. The highest BCUT2D eigenvalue weighted by atomic mass is 32.2. The second-order valence-electron chi connectivity index (χ2n) is 7.49. The molecule has 1 aromatic carbocycles. The molecule has 0 bridgehead atoms. The van der Waals surface area contributed by atoms with Crippen LogP contribution in [0.25, 0.3) is 6.08 Å². The Labute approximate surface area is 190 Å². The van der Waals surface area contributed by atoms with Crippen molar-refractivity contribution in [3.63, 3.8) is 0 Å². The molecule has 7 nitrogen and oxygen atoms in total. The molecule has 1 aromatic heterocycles. The maximum Gasteiger partial charge on any atom is 0.422 e. The summed E-state index contributed by atoms with van der Waals surface area (Å²) in [6.07, 6.45) is 4.45. The third kappa shape index (κ3) is 7.29. The Hall–Kier alpha value is -2.92. The maximum absolute atomic E-state index is 13.1. The van der Waals surface area contributed by atoms with E-state index in [9.17, 15) is 26.4 Å². The number of aromatic nitrogens is 1. The molecular weight excluding hydrogens is 459 g/mol. The first kappa shape index (κ1) is 24.7. The van der Waals surface area contributed by atoms with Gasteiger partial charge in [-0.2, -0.15) is 17.5 Å². The minimum Gasteiger partial charge on any atom is -0.482 e. The number of anilines is 1. The molecule has 1 aliphatic heterocycles.